The largest absolute Gasteiger partial charge is 0.478 e. The number of hydrogen-bond acceptors (Lipinski definition) is 3. The Morgan fingerprint density at radius 1 is 1.44 bits per heavy atom. The third kappa shape index (κ3) is 2.88. The van der Waals surface area contributed by atoms with Crippen LogP contribution in [0.4, 0.5) is 5.69 Å². The van der Waals surface area contributed by atoms with E-state index in [2.05, 4.69) is 10.4 Å². The molecule has 0 atom stereocenters. The number of benzene rings is 1. The number of anilines is 1. The molecule has 0 saturated heterocycles. The summed E-state index contributed by atoms with van der Waals surface area (Å²) in [5.74, 6) is -0.923. The number of aromatic nitrogens is 2. The molecule has 0 fully saturated rings. The first kappa shape index (κ1) is 12.2. The highest BCUT2D eigenvalue weighted by atomic mass is 16.4. The first-order chi connectivity index (χ1) is 8.66. The van der Waals surface area contributed by atoms with Crippen LogP contribution in [-0.4, -0.2) is 27.4 Å². The molecule has 0 aliphatic heterocycles. The minimum absolute atomic E-state index is 0.286. The van der Waals surface area contributed by atoms with Crippen molar-refractivity contribution >= 4 is 11.7 Å². The van der Waals surface area contributed by atoms with E-state index in [4.69, 9.17) is 5.11 Å². The molecular formula is C13H15N3O2. The van der Waals surface area contributed by atoms with Crippen LogP contribution in [0.5, 0.6) is 0 Å². The average Bonchev–Trinajstić information content (AvgIpc) is 2.75. The Morgan fingerprint density at radius 3 is 2.89 bits per heavy atom. The number of rotatable bonds is 5. The summed E-state index contributed by atoms with van der Waals surface area (Å²) in [7, 11) is 0. The van der Waals surface area contributed by atoms with Crippen molar-refractivity contribution in [1.82, 2.24) is 9.78 Å². The van der Waals surface area contributed by atoms with Crippen LogP contribution in [0.2, 0.25) is 0 Å². The van der Waals surface area contributed by atoms with E-state index in [1.54, 1.807) is 24.4 Å². The quantitative estimate of drug-likeness (QED) is 0.845. The van der Waals surface area contributed by atoms with Crippen molar-refractivity contribution in [2.75, 3.05) is 11.9 Å². The lowest BCUT2D eigenvalue weighted by atomic mass is 10.2. The molecule has 2 rings (SSSR count). The molecule has 0 amide bonds. The lowest BCUT2D eigenvalue weighted by Crippen LogP contribution is -2.13. The molecule has 1 heterocycles. The maximum Gasteiger partial charge on any atom is 0.337 e. The normalized spacial score (nSPS) is 10.3. The SMILES string of the molecule is Cc1cnn(CCNc2ccccc2C(=O)O)c1. The fourth-order valence-corrected chi connectivity index (χ4v) is 1.72. The highest BCUT2D eigenvalue weighted by Crippen LogP contribution is 2.14. The van der Waals surface area contributed by atoms with E-state index < -0.39 is 5.97 Å². The van der Waals surface area contributed by atoms with Crippen molar-refractivity contribution in [2.45, 2.75) is 13.5 Å². The second-order valence-corrected chi connectivity index (χ2v) is 4.06. The summed E-state index contributed by atoms with van der Waals surface area (Å²) in [6, 6.07) is 6.87. The molecule has 0 bridgehead atoms. The van der Waals surface area contributed by atoms with Gasteiger partial charge in [-0.2, -0.15) is 5.10 Å². The van der Waals surface area contributed by atoms with Crippen molar-refractivity contribution < 1.29 is 9.90 Å². The summed E-state index contributed by atoms with van der Waals surface area (Å²) in [5, 5.41) is 16.3. The second-order valence-electron chi connectivity index (χ2n) is 4.06. The molecular weight excluding hydrogens is 230 g/mol. The standard InChI is InChI=1S/C13H15N3O2/c1-10-8-15-16(9-10)7-6-14-12-5-3-2-4-11(12)13(17)18/h2-5,8-9,14H,6-7H2,1H3,(H,17,18). The molecule has 0 saturated carbocycles. The Balaban J connectivity index is 1.96. The van der Waals surface area contributed by atoms with Crippen molar-refractivity contribution in [1.29, 1.82) is 0 Å². The lowest BCUT2D eigenvalue weighted by Gasteiger charge is -2.09. The van der Waals surface area contributed by atoms with E-state index in [9.17, 15) is 4.79 Å². The highest BCUT2D eigenvalue weighted by Gasteiger charge is 2.07. The fraction of sp³-hybridized carbons (Fsp3) is 0.231. The fourth-order valence-electron chi connectivity index (χ4n) is 1.72. The van der Waals surface area contributed by atoms with Crippen molar-refractivity contribution in [2.24, 2.45) is 0 Å². The molecule has 2 N–H and O–H groups in total. The Morgan fingerprint density at radius 2 is 2.22 bits per heavy atom. The Kier molecular flexibility index (Phi) is 3.62. The van der Waals surface area contributed by atoms with Gasteiger partial charge in [0.2, 0.25) is 0 Å². The average molecular weight is 245 g/mol. The van der Waals surface area contributed by atoms with Crippen LogP contribution in [0.3, 0.4) is 0 Å². The van der Waals surface area contributed by atoms with Crippen molar-refractivity contribution in [3.8, 4) is 0 Å². The Labute approximate surface area is 105 Å². The van der Waals surface area contributed by atoms with E-state index >= 15 is 0 Å². The van der Waals surface area contributed by atoms with Gasteiger partial charge in [-0.3, -0.25) is 4.68 Å². The van der Waals surface area contributed by atoms with E-state index in [0.29, 0.717) is 18.8 Å². The zero-order chi connectivity index (χ0) is 13.0. The maximum absolute atomic E-state index is 11.0. The van der Waals surface area contributed by atoms with Crippen LogP contribution in [0, 0.1) is 6.92 Å². The molecule has 5 nitrogen and oxygen atoms in total. The van der Waals surface area contributed by atoms with Crippen LogP contribution >= 0.6 is 0 Å². The maximum atomic E-state index is 11.0. The summed E-state index contributed by atoms with van der Waals surface area (Å²) in [5.41, 5.74) is 2.03. The van der Waals surface area contributed by atoms with Gasteiger partial charge in [-0.25, -0.2) is 4.79 Å². The van der Waals surface area contributed by atoms with Crippen molar-refractivity contribution in [3.63, 3.8) is 0 Å². The minimum atomic E-state index is -0.923. The first-order valence-electron chi connectivity index (χ1n) is 5.72. The van der Waals surface area contributed by atoms with Gasteiger partial charge in [0.05, 0.1) is 18.3 Å². The summed E-state index contributed by atoms with van der Waals surface area (Å²) in [4.78, 5) is 11.0. The number of para-hydroxylation sites is 1. The van der Waals surface area contributed by atoms with Gasteiger partial charge in [-0.15, -0.1) is 0 Å². The summed E-state index contributed by atoms with van der Waals surface area (Å²) >= 11 is 0. The number of nitrogens with one attached hydrogen (secondary N) is 1. The molecule has 0 unspecified atom stereocenters. The van der Waals surface area contributed by atoms with Crippen LogP contribution in [0.15, 0.2) is 36.7 Å². The van der Waals surface area contributed by atoms with Gasteiger partial charge >= 0.3 is 5.97 Å². The van der Waals surface area contributed by atoms with E-state index in [1.807, 2.05) is 23.9 Å². The predicted octanol–water partition coefficient (Wildman–Crippen LogP) is 2.00. The van der Waals surface area contributed by atoms with Crippen LogP contribution in [0.25, 0.3) is 0 Å². The Bertz CT molecular complexity index is 549. The number of carboxylic acid groups (broad SMARTS) is 1. The second kappa shape index (κ2) is 5.35. The highest BCUT2D eigenvalue weighted by molar-refractivity contribution is 5.94. The van der Waals surface area contributed by atoms with E-state index in [-0.39, 0.29) is 5.56 Å². The third-order valence-corrected chi connectivity index (χ3v) is 2.58. The van der Waals surface area contributed by atoms with Gasteiger partial charge in [0, 0.05) is 18.4 Å². The summed E-state index contributed by atoms with van der Waals surface area (Å²) < 4.78 is 1.83. The lowest BCUT2D eigenvalue weighted by molar-refractivity contribution is 0.0698. The Hall–Kier alpha value is -2.30. The minimum Gasteiger partial charge on any atom is -0.478 e. The molecule has 0 aliphatic rings. The smallest absolute Gasteiger partial charge is 0.337 e. The zero-order valence-electron chi connectivity index (χ0n) is 10.1. The summed E-state index contributed by atoms with van der Waals surface area (Å²) in [6.45, 7) is 3.31. The number of carbonyl (C=O) groups is 1. The molecule has 94 valence electrons. The predicted molar refractivity (Wildman–Crippen MR) is 68.9 cm³/mol. The molecule has 2 aromatic rings. The van der Waals surface area contributed by atoms with E-state index in [0.717, 1.165) is 5.56 Å². The van der Waals surface area contributed by atoms with Gasteiger partial charge in [-0.05, 0) is 24.6 Å². The third-order valence-electron chi connectivity index (χ3n) is 2.58. The number of aryl methyl sites for hydroxylation is 1. The topological polar surface area (TPSA) is 67.2 Å². The number of nitrogens with zero attached hydrogens (tertiary/aromatic N) is 2. The van der Waals surface area contributed by atoms with Crippen LogP contribution in [-0.2, 0) is 6.54 Å². The van der Waals surface area contributed by atoms with Gasteiger partial charge in [0.15, 0.2) is 0 Å². The van der Waals surface area contributed by atoms with E-state index in [1.165, 1.54) is 0 Å². The summed E-state index contributed by atoms with van der Waals surface area (Å²) in [6.07, 6.45) is 3.75. The first-order valence-corrected chi connectivity index (χ1v) is 5.72. The van der Waals surface area contributed by atoms with Gasteiger partial charge in [0.1, 0.15) is 0 Å². The van der Waals surface area contributed by atoms with Crippen molar-refractivity contribution in [3.05, 3.63) is 47.8 Å². The molecule has 1 aromatic carbocycles. The number of hydrogen-bond donors (Lipinski definition) is 2. The number of aromatic carboxylic acids is 1. The molecule has 18 heavy (non-hydrogen) atoms. The molecule has 5 heteroatoms. The monoisotopic (exact) mass is 245 g/mol. The van der Waals surface area contributed by atoms with Gasteiger partial charge < -0.3 is 10.4 Å². The van der Waals surface area contributed by atoms with Gasteiger partial charge in [0.25, 0.3) is 0 Å². The van der Waals surface area contributed by atoms with Crippen LogP contribution < -0.4 is 5.32 Å². The van der Waals surface area contributed by atoms with Gasteiger partial charge in [-0.1, -0.05) is 12.1 Å². The molecule has 0 aliphatic carbocycles. The van der Waals surface area contributed by atoms with Crippen LogP contribution in [0.1, 0.15) is 15.9 Å². The molecule has 0 radical (unpaired) electrons. The zero-order valence-corrected chi connectivity index (χ0v) is 10.1. The molecule has 1 aromatic heterocycles. The number of carboxylic acids is 1. The molecule has 0 spiro atoms.